The Hall–Kier alpha value is 0.190. The smallest absolute Gasteiger partial charge is 0.0934 e. The maximum absolute atomic E-state index is 5.84. The van der Waals surface area contributed by atoms with Crippen LogP contribution in [-0.2, 0) is 19.1 Å². The Bertz CT molecular complexity index is 199. The summed E-state index contributed by atoms with van der Waals surface area (Å²) in [7, 11) is 2.72. The zero-order chi connectivity index (χ0) is 10.8. The Labute approximate surface area is 90.9 Å². The minimum atomic E-state index is -0.353. The third-order valence-corrected chi connectivity index (χ3v) is 2.90. The van der Waals surface area contributed by atoms with E-state index in [4.69, 9.17) is 24.9 Å². The van der Waals surface area contributed by atoms with Gasteiger partial charge in [-0.3, -0.25) is 9.68 Å². The highest BCUT2D eigenvalue weighted by Gasteiger charge is 2.36. The fraction of sp³-hybridized carbons (Fsp3) is 1.00. The molecule has 7 heteroatoms. The first-order valence-corrected chi connectivity index (χ1v) is 5.42. The van der Waals surface area contributed by atoms with E-state index in [1.807, 2.05) is 0 Å². The van der Waals surface area contributed by atoms with E-state index in [-0.39, 0.29) is 10.7 Å². The molecule has 2 aliphatic rings. The highest BCUT2D eigenvalue weighted by molar-refractivity contribution is 7.19. The monoisotopic (exact) mass is 236 g/mol. The zero-order valence-electron chi connectivity index (χ0n) is 8.53. The molecule has 88 valence electrons. The molecule has 0 saturated carbocycles. The Kier molecular flexibility index (Phi) is 3.57. The predicted octanol–water partition coefficient (Wildman–Crippen LogP) is -1.19. The van der Waals surface area contributed by atoms with Crippen molar-refractivity contribution in [1.29, 1.82) is 0 Å². The molecule has 0 bridgehead atoms. The van der Waals surface area contributed by atoms with Crippen LogP contribution in [0.4, 0.5) is 0 Å². The first kappa shape index (κ1) is 11.7. The maximum Gasteiger partial charge on any atom is 0.0934 e. The van der Waals surface area contributed by atoms with E-state index in [2.05, 4.69) is 14.9 Å². The van der Waals surface area contributed by atoms with E-state index in [0.29, 0.717) is 39.6 Å². The molecule has 2 saturated heterocycles. The molecule has 0 amide bonds. The zero-order valence-corrected chi connectivity index (χ0v) is 9.69. The van der Waals surface area contributed by atoms with E-state index in [1.54, 1.807) is 0 Å². The second-order valence-electron chi connectivity index (χ2n) is 4.37. The molecule has 1 atom stereocenters. The first-order valence-electron chi connectivity index (χ1n) is 4.84. The lowest BCUT2D eigenvalue weighted by Gasteiger charge is -2.38. The summed E-state index contributed by atoms with van der Waals surface area (Å²) in [5.41, 5.74) is 7.92. The van der Waals surface area contributed by atoms with Crippen LogP contribution in [0.15, 0.2) is 0 Å². The molecule has 0 aromatic heterocycles. The van der Waals surface area contributed by atoms with Crippen LogP contribution < -0.4 is 11.4 Å². The third kappa shape index (κ3) is 3.07. The van der Waals surface area contributed by atoms with Gasteiger partial charge in [0.2, 0.25) is 0 Å². The largest absolute Gasteiger partial charge is 0.379 e. The minimum Gasteiger partial charge on any atom is -0.379 e. The number of nitrogens with one attached hydrogen (secondary N) is 1. The molecule has 1 unspecified atom stereocenters. The Balaban J connectivity index is 1.48. The van der Waals surface area contributed by atoms with Gasteiger partial charge in [-0.15, -0.1) is 9.24 Å². The number of rotatable bonds is 6. The lowest BCUT2D eigenvalue weighted by Crippen LogP contribution is -2.61. The topological polar surface area (TPSA) is 75.0 Å². The average molecular weight is 236 g/mol. The Morgan fingerprint density at radius 1 is 1.13 bits per heavy atom. The third-order valence-electron chi connectivity index (χ3n) is 2.40. The second-order valence-corrected chi connectivity index (χ2v) is 5.60. The molecule has 2 fully saturated rings. The molecule has 2 rings (SSSR count). The number of ether oxygens (including phenoxy) is 2. The van der Waals surface area contributed by atoms with E-state index < -0.39 is 0 Å². The standard InChI is InChI=1S/C8H17N2O4P/c9-7(1-11-2-7)3-13-10-14-6-8(15)4-12-5-8/h10H,1-6,9,15H2. The summed E-state index contributed by atoms with van der Waals surface area (Å²) < 4.78 is 10.1. The van der Waals surface area contributed by atoms with Crippen LogP contribution in [-0.4, -0.2) is 50.3 Å². The van der Waals surface area contributed by atoms with Crippen LogP contribution in [0.5, 0.6) is 0 Å². The fourth-order valence-corrected chi connectivity index (χ4v) is 1.60. The normalized spacial score (nSPS) is 26.8. The van der Waals surface area contributed by atoms with Crippen molar-refractivity contribution in [3.05, 3.63) is 0 Å². The highest BCUT2D eigenvalue weighted by Crippen LogP contribution is 2.27. The number of hydrogen-bond donors (Lipinski definition) is 2. The molecular weight excluding hydrogens is 219 g/mol. The van der Waals surface area contributed by atoms with Gasteiger partial charge in [-0.25, -0.2) is 0 Å². The molecule has 0 spiro atoms. The lowest BCUT2D eigenvalue weighted by atomic mass is 10.0. The van der Waals surface area contributed by atoms with Gasteiger partial charge >= 0.3 is 0 Å². The number of hydrogen-bond acceptors (Lipinski definition) is 6. The van der Waals surface area contributed by atoms with Gasteiger partial charge in [-0.05, 0) is 0 Å². The summed E-state index contributed by atoms with van der Waals surface area (Å²) in [6.07, 6.45) is 0. The van der Waals surface area contributed by atoms with Crippen LogP contribution in [0, 0.1) is 0 Å². The van der Waals surface area contributed by atoms with Crippen molar-refractivity contribution >= 4 is 9.24 Å². The highest BCUT2D eigenvalue weighted by atomic mass is 31.0. The van der Waals surface area contributed by atoms with Gasteiger partial charge in [0.05, 0.1) is 50.3 Å². The van der Waals surface area contributed by atoms with Crippen LogP contribution >= 0.6 is 9.24 Å². The van der Waals surface area contributed by atoms with Gasteiger partial charge in [0.25, 0.3) is 0 Å². The molecule has 3 N–H and O–H groups in total. The summed E-state index contributed by atoms with van der Waals surface area (Å²) in [5.74, 6) is 0. The van der Waals surface area contributed by atoms with Crippen molar-refractivity contribution < 1.29 is 19.1 Å². The van der Waals surface area contributed by atoms with Crippen LogP contribution in [0.3, 0.4) is 0 Å². The second kappa shape index (κ2) is 4.59. The predicted molar refractivity (Wildman–Crippen MR) is 56.0 cm³/mol. The molecular formula is C8H17N2O4P. The van der Waals surface area contributed by atoms with E-state index in [1.165, 1.54) is 0 Å². The van der Waals surface area contributed by atoms with Crippen LogP contribution in [0.25, 0.3) is 0 Å². The van der Waals surface area contributed by atoms with E-state index in [0.717, 1.165) is 0 Å². The minimum absolute atomic E-state index is 0.0380. The molecule has 2 heterocycles. The SMILES string of the molecule is NC1(CONOCC2(P)COC2)COC1. The average Bonchev–Trinajstić information content (AvgIpc) is 2.12. The van der Waals surface area contributed by atoms with Gasteiger partial charge in [-0.1, -0.05) is 5.64 Å². The Morgan fingerprint density at radius 3 is 2.20 bits per heavy atom. The maximum atomic E-state index is 5.84. The van der Waals surface area contributed by atoms with Crippen molar-refractivity contribution in [2.75, 3.05) is 39.6 Å². The van der Waals surface area contributed by atoms with Gasteiger partial charge < -0.3 is 15.2 Å². The molecule has 15 heavy (non-hydrogen) atoms. The molecule has 0 radical (unpaired) electrons. The molecule has 6 nitrogen and oxygen atoms in total. The van der Waals surface area contributed by atoms with Crippen molar-refractivity contribution in [1.82, 2.24) is 5.64 Å². The van der Waals surface area contributed by atoms with Gasteiger partial charge in [0.1, 0.15) is 0 Å². The van der Waals surface area contributed by atoms with E-state index in [9.17, 15) is 0 Å². The molecule has 0 aromatic rings. The lowest BCUT2D eigenvalue weighted by molar-refractivity contribution is -0.213. The molecule has 0 aliphatic carbocycles. The number of nitrogens with two attached hydrogens (primary N) is 1. The summed E-state index contributed by atoms with van der Waals surface area (Å²) in [6.45, 7) is 3.40. The molecule has 0 aromatic carbocycles. The van der Waals surface area contributed by atoms with Gasteiger partial charge in [-0.2, -0.15) is 0 Å². The van der Waals surface area contributed by atoms with Crippen molar-refractivity contribution in [3.63, 3.8) is 0 Å². The quantitative estimate of drug-likeness (QED) is 0.343. The van der Waals surface area contributed by atoms with Crippen molar-refractivity contribution in [2.24, 2.45) is 5.73 Å². The van der Waals surface area contributed by atoms with Crippen LogP contribution in [0.2, 0.25) is 0 Å². The first-order chi connectivity index (χ1) is 7.12. The molecule has 2 aliphatic heterocycles. The fourth-order valence-electron chi connectivity index (χ4n) is 1.28. The van der Waals surface area contributed by atoms with Crippen molar-refractivity contribution in [3.8, 4) is 0 Å². The summed E-state index contributed by atoms with van der Waals surface area (Å²) >= 11 is 0. The van der Waals surface area contributed by atoms with Crippen molar-refractivity contribution in [2.45, 2.75) is 10.7 Å². The summed E-state index contributed by atoms with van der Waals surface area (Å²) in [5, 5.41) is 0.0380. The summed E-state index contributed by atoms with van der Waals surface area (Å²) in [6, 6.07) is 0. The van der Waals surface area contributed by atoms with Gasteiger partial charge in [0.15, 0.2) is 0 Å². The Morgan fingerprint density at radius 2 is 1.73 bits per heavy atom. The van der Waals surface area contributed by atoms with Crippen LogP contribution in [0.1, 0.15) is 0 Å². The van der Waals surface area contributed by atoms with Gasteiger partial charge in [0, 0.05) is 0 Å². The summed E-state index contributed by atoms with van der Waals surface area (Å²) in [4.78, 5) is 10.2. The van der Waals surface area contributed by atoms with E-state index >= 15 is 0 Å².